The molecule has 3 rings (SSSR count). The van der Waals surface area contributed by atoms with Crippen LogP contribution in [0.1, 0.15) is 17.8 Å². The fraction of sp³-hybridized carbons (Fsp3) is 0.400. The quantitative estimate of drug-likeness (QED) is 0.925. The molecule has 1 N–H and O–H groups in total. The van der Waals surface area contributed by atoms with Crippen molar-refractivity contribution in [2.45, 2.75) is 31.2 Å². The highest BCUT2D eigenvalue weighted by atomic mass is 32.2. The van der Waals surface area contributed by atoms with Crippen LogP contribution in [0.3, 0.4) is 0 Å². The van der Waals surface area contributed by atoms with E-state index in [2.05, 4.69) is 9.71 Å². The van der Waals surface area contributed by atoms with Crippen molar-refractivity contribution in [2.75, 3.05) is 6.54 Å². The zero-order valence-electron chi connectivity index (χ0n) is 12.6. The van der Waals surface area contributed by atoms with Crippen molar-refractivity contribution in [1.82, 2.24) is 14.3 Å². The number of hydrogen-bond donors (Lipinski definition) is 1. The van der Waals surface area contributed by atoms with Gasteiger partial charge in [-0.3, -0.25) is 0 Å². The molecule has 1 atom stereocenters. The van der Waals surface area contributed by atoms with Crippen molar-refractivity contribution in [2.24, 2.45) is 5.92 Å². The van der Waals surface area contributed by atoms with Crippen LogP contribution in [-0.4, -0.2) is 24.5 Å². The summed E-state index contributed by atoms with van der Waals surface area (Å²) in [4.78, 5) is 3.57. The van der Waals surface area contributed by atoms with E-state index < -0.39 is 26.6 Å². The number of rotatable bonds is 4. The summed E-state index contributed by atoms with van der Waals surface area (Å²) in [5.74, 6) is -0.701. The van der Waals surface area contributed by atoms with Crippen LogP contribution in [0.2, 0.25) is 0 Å². The number of nitrogens with zero attached hydrogens (tertiary/aromatic N) is 2. The van der Waals surface area contributed by atoms with Gasteiger partial charge in [-0.05, 0) is 37.0 Å². The molecule has 0 amide bonds. The van der Waals surface area contributed by atoms with Gasteiger partial charge in [-0.1, -0.05) is 0 Å². The topological polar surface area (TPSA) is 64.0 Å². The molecule has 0 bridgehead atoms. The molecule has 0 fully saturated rings. The minimum absolute atomic E-state index is 0.0700. The van der Waals surface area contributed by atoms with E-state index in [1.165, 1.54) is 6.92 Å². The molecular weight excluding hydrogens is 324 g/mol. The molecule has 0 aliphatic carbocycles. The number of fused-ring (bicyclic) bond motifs is 1. The van der Waals surface area contributed by atoms with E-state index in [9.17, 15) is 17.2 Å². The highest BCUT2D eigenvalue weighted by Crippen LogP contribution is 2.21. The Morgan fingerprint density at radius 1 is 1.35 bits per heavy atom. The van der Waals surface area contributed by atoms with Gasteiger partial charge in [0, 0.05) is 31.9 Å². The van der Waals surface area contributed by atoms with Gasteiger partial charge in [0.15, 0.2) is 0 Å². The number of aryl methyl sites for hydroxylation is 2. The van der Waals surface area contributed by atoms with E-state index in [1.54, 1.807) is 6.20 Å². The maximum Gasteiger partial charge on any atom is 0.243 e. The molecule has 1 aromatic carbocycles. The fourth-order valence-electron chi connectivity index (χ4n) is 2.73. The maximum absolute atomic E-state index is 13.8. The standard InChI is InChI=1S/C15H17F2N3O2S/c1-10-6-13(17)14(8-12(10)16)23(21,22)19-9-11-2-4-20-5-3-18-15(20)7-11/h3,5-6,8,11,19H,2,4,7,9H2,1H3/t11-/m0/s1. The van der Waals surface area contributed by atoms with Crippen molar-refractivity contribution >= 4 is 10.0 Å². The number of nitrogens with one attached hydrogen (secondary N) is 1. The molecule has 0 saturated carbocycles. The number of imidazole rings is 1. The van der Waals surface area contributed by atoms with Gasteiger partial charge in [-0.15, -0.1) is 0 Å². The average molecular weight is 341 g/mol. The van der Waals surface area contributed by atoms with Crippen molar-refractivity contribution in [3.8, 4) is 0 Å². The van der Waals surface area contributed by atoms with Crippen LogP contribution in [0.5, 0.6) is 0 Å². The lowest BCUT2D eigenvalue weighted by atomic mass is 9.98. The van der Waals surface area contributed by atoms with E-state index in [1.807, 2.05) is 10.8 Å². The van der Waals surface area contributed by atoms with Gasteiger partial charge in [0.25, 0.3) is 0 Å². The summed E-state index contributed by atoms with van der Waals surface area (Å²) >= 11 is 0. The van der Waals surface area contributed by atoms with Crippen LogP contribution in [0.15, 0.2) is 29.4 Å². The summed E-state index contributed by atoms with van der Waals surface area (Å²) in [6, 6.07) is 1.61. The van der Waals surface area contributed by atoms with Gasteiger partial charge < -0.3 is 4.57 Å². The maximum atomic E-state index is 13.8. The third-order valence-electron chi connectivity index (χ3n) is 4.12. The van der Waals surface area contributed by atoms with Crippen LogP contribution < -0.4 is 4.72 Å². The molecule has 0 spiro atoms. The van der Waals surface area contributed by atoms with Crippen LogP contribution in [0, 0.1) is 24.5 Å². The van der Waals surface area contributed by atoms with Crippen molar-refractivity contribution < 1.29 is 17.2 Å². The van der Waals surface area contributed by atoms with Crippen LogP contribution in [0.25, 0.3) is 0 Å². The molecule has 124 valence electrons. The summed E-state index contributed by atoms with van der Waals surface area (Å²) in [7, 11) is -4.09. The van der Waals surface area contributed by atoms with Gasteiger partial charge in [-0.2, -0.15) is 0 Å². The van der Waals surface area contributed by atoms with E-state index >= 15 is 0 Å². The summed E-state index contributed by atoms with van der Waals surface area (Å²) < 4.78 is 56.2. The summed E-state index contributed by atoms with van der Waals surface area (Å²) in [6.45, 7) is 2.33. The number of hydrogen-bond acceptors (Lipinski definition) is 3. The Balaban J connectivity index is 1.72. The molecular formula is C15H17F2N3O2S. The predicted molar refractivity (Wildman–Crippen MR) is 80.3 cm³/mol. The third kappa shape index (κ3) is 3.28. The Labute approximate surface area is 133 Å². The molecule has 2 aromatic rings. The van der Waals surface area contributed by atoms with Crippen LogP contribution >= 0.6 is 0 Å². The molecule has 23 heavy (non-hydrogen) atoms. The smallest absolute Gasteiger partial charge is 0.243 e. The molecule has 2 heterocycles. The highest BCUT2D eigenvalue weighted by Gasteiger charge is 2.24. The zero-order valence-corrected chi connectivity index (χ0v) is 13.4. The third-order valence-corrected chi connectivity index (χ3v) is 5.55. The molecule has 0 radical (unpaired) electrons. The SMILES string of the molecule is Cc1cc(F)c(S(=O)(=O)NC[C@H]2CCn3ccnc3C2)cc1F. The lowest BCUT2D eigenvalue weighted by Crippen LogP contribution is -2.33. The largest absolute Gasteiger partial charge is 0.335 e. The second-order valence-electron chi connectivity index (χ2n) is 5.78. The molecule has 0 saturated heterocycles. The van der Waals surface area contributed by atoms with Gasteiger partial charge in [0.05, 0.1) is 0 Å². The lowest BCUT2D eigenvalue weighted by molar-refractivity contribution is 0.379. The molecule has 1 aliphatic heterocycles. The summed E-state index contributed by atoms with van der Waals surface area (Å²) in [6.07, 6.45) is 5.06. The van der Waals surface area contributed by atoms with E-state index in [0.29, 0.717) is 6.42 Å². The van der Waals surface area contributed by atoms with Crippen LogP contribution in [0.4, 0.5) is 8.78 Å². The molecule has 8 heteroatoms. The molecule has 1 aliphatic rings. The summed E-state index contributed by atoms with van der Waals surface area (Å²) in [5, 5.41) is 0. The summed E-state index contributed by atoms with van der Waals surface area (Å²) in [5.41, 5.74) is 0.0700. The molecule has 0 unspecified atom stereocenters. The number of sulfonamides is 1. The van der Waals surface area contributed by atoms with Crippen molar-refractivity contribution in [1.29, 1.82) is 0 Å². The number of halogens is 2. The Morgan fingerprint density at radius 3 is 2.91 bits per heavy atom. The molecule has 5 nitrogen and oxygen atoms in total. The van der Waals surface area contributed by atoms with Gasteiger partial charge in [0.2, 0.25) is 10.0 Å². The first-order chi connectivity index (χ1) is 10.9. The second-order valence-corrected chi connectivity index (χ2v) is 7.51. The normalized spacial score (nSPS) is 18.0. The highest BCUT2D eigenvalue weighted by molar-refractivity contribution is 7.89. The van der Waals surface area contributed by atoms with Crippen molar-refractivity contribution in [3.63, 3.8) is 0 Å². The Morgan fingerprint density at radius 2 is 2.13 bits per heavy atom. The Kier molecular flexibility index (Phi) is 4.20. The number of aromatic nitrogens is 2. The minimum atomic E-state index is -4.09. The first-order valence-corrected chi connectivity index (χ1v) is 8.80. The van der Waals surface area contributed by atoms with Gasteiger partial charge >= 0.3 is 0 Å². The van der Waals surface area contributed by atoms with Gasteiger partial charge in [-0.25, -0.2) is 26.9 Å². The fourth-order valence-corrected chi connectivity index (χ4v) is 3.91. The Hall–Kier alpha value is -1.80. The minimum Gasteiger partial charge on any atom is -0.335 e. The average Bonchev–Trinajstić information content (AvgIpc) is 2.96. The van der Waals surface area contributed by atoms with Crippen molar-refractivity contribution in [3.05, 3.63) is 47.5 Å². The lowest BCUT2D eigenvalue weighted by Gasteiger charge is -2.23. The van der Waals surface area contributed by atoms with E-state index in [0.717, 1.165) is 30.9 Å². The van der Waals surface area contributed by atoms with Crippen LogP contribution in [-0.2, 0) is 23.0 Å². The number of benzene rings is 1. The predicted octanol–water partition coefficient (Wildman–Crippen LogP) is 2.01. The Bertz CT molecular complexity index is 833. The van der Waals surface area contributed by atoms with E-state index in [-0.39, 0.29) is 18.0 Å². The monoisotopic (exact) mass is 341 g/mol. The van der Waals surface area contributed by atoms with E-state index in [4.69, 9.17) is 0 Å². The first-order valence-electron chi connectivity index (χ1n) is 7.32. The first kappa shape index (κ1) is 16.1. The van der Waals surface area contributed by atoms with Gasteiger partial charge in [0.1, 0.15) is 22.4 Å². The zero-order chi connectivity index (χ0) is 16.6. The second kappa shape index (κ2) is 6.01. The molecule has 1 aromatic heterocycles.